The molecule has 0 fully saturated rings. The van der Waals surface area contributed by atoms with E-state index in [9.17, 15) is 14.2 Å². The van der Waals surface area contributed by atoms with Gasteiger partial charge in [-0.05, 0) is 6.92 Å². The van der Waals surface area contributed by atoms with Crippen LogP contribution in [-0.4, -0.2) is 22.9 Å². The van der Waals surface area contributed by atoms with E-state index in [-0.39, 0.29) is 0 Å². The van der Waals surface area contributed by atoms with E-state index in [4.69, 9.17) is 4.89 Å². The van der Waals surface area contributed by atoms with Crippen molar-refractivity contribution in [1.82, 2.24) is 0 Å². The van der Waals surface area contributed by atoms with Gasteiger partial charge in [0.15, 0.2) is 6.10 Å². The van der Waals surface area contributed by atoms with Crippen LogP contribution in [0.2, 0.25) is 0 Å². The van der Waals surface area contributed by atoms with Crippen LogP contribution in [0.5, 0.6) is 0 Å². The molecule has 0 aromatic carbocycles. The Bertz CT molecular complexity index is 212. The maximum Gasteiger partial charge on any atom is 0.367 e. The van der Waals surface area contributed by atoms with E-state index in [0.29, 0.717) is 0 Å². The largest absolute Gasteiger partial charge is 0.451 e. The lowest BCUT2D eigenvalue weighted by molar-refractivity contribution is -0.159. The van der Waals surface area contributed by atoms with Crippen LogP contribution in [-0.2, 0) is 23.4 Å². The number of hydrogen-bond donors (Lipinski definition) is 1. The molecular formula is C5H9O6P. The Morgan fingerprint density at radius 2 is 2.00 bits per heavy atom. The van der Waals surface area contributed by atoms with Crippen LogP contribution in [0.25, 0.3) is 0 Å². The zero-order valence-electron chi connectivity index (χ0n) is 6.57. The van der Waals surface area contributed by atoms with Crippen LogP contribution in [0.4, 0.5) is 0 Å². The van der Waals surface area contributed by atoms with Crippen molar-refractivity contribution in [1.29, 1.82) is 0 Å². The van der Waals surface area contributed by atoms with E-state index in [1.807, 2.05) is 0 Å². The maximum absolute atomic E-state index is 10.7. The summed E-state index contributed by atoms with van der Waals surface area (Å²) in [6.07, 6.45) is -1.15. The molecule has 0 radical (unpaired) electrons. The zero-order valence-corrected chi connectivity index (χ0v) is 7.57. The summed E-state index contributed by atoms with van der Waals surface area (Å²) in [5.41, 5.74) is 0. The van der Waals surface area contributed by atoms with Gasteiger partial charge in [0, 0.05) is 6.92 Å². The number of ether oxygens (including phenoxy) is 1. The van der Waals surface area contributed by atoms with Crippen molar-refractivity contribution in [2.75, 3.05) is 0 Å². The average molecular weight is 196 g/mol. The Balaban J connectivity index is 3.93. The van der Waals surface area contributed by atoms with Crippen molar-refractivity contribution in [3.63, 3.8) is 0 Å². The first-order chi connectivity index (χ1) is 5.43. The van der Waals surface area contributed by atoms with Crippen molar-refractivity contribution in [3.8, 4) is 0 Å². The molecule has 0 spiro atoms. The summed E-state index contributed by atoms with van der Waals surface area (Å²) in [4.78, 5) is 29.1. The van der Waals surface area contributed by atoms with Gasteiger partial charge < -0.3 is 14.2 Å². The minimum absolute atomic E-state index is 0.655. The maximum atomic E-state index is 10.7. The summed E-state index contributed by atoms with van der Waals surface area (Å²) in [6.45, 7) is 2.36. The van der Waals surface area contributed by atoms with Gasteiger partial charge in [0.1, 0.15) is 0 Å². The monoisotopic (exact) mass is 196 g/mol. The SMILES string of the molecule is CC(=O)O[C@@H](C)C(=O)O[PH](=O)O. The number of carbonyl (C=O) groups is 2. The highest BCUT2D eigenvalue weighted by molar-refractivity contribution is 7.32. The summed E-state index contributed by atoms with van der Waals surface area (Å²) >= 11 is 0. The molecule has 70 valence electrons. The summed E-state index contributed by atoms with van der Waals surface area (Å²) in [5.74, 6) is -1.69. The minimum atomic E-state index is -3.30. The molecule has 0 bridgehead atoms. The van der Waals surface area contributed by atoms with Crippen LogP contribution < -0.4 is 0 Å². The second kappa shape index (κ2) is 4.90. The third-order valence-corrected chi connectivity index (χ3v) is 1.24. The zero-order chi connectivity index (χ0) is 9.72. The molecule has 0 aliphatic carbocycles. The third-order valence-electron chi connectivity index (χ3n) is 0.863. The fraction of sp³-hybridized carbons (Fsp3) is 0.600. The average Bonchev–Trinajstić information content (AvgIpc) is 1.84. The molecule has 0 aromatic heterocycles. The van der Waals surface area contributed by atoms with E-state index in [2.05, 4.69) is 9.26 Å². The van der Waals surface area contributed by atoms with E-state index in [1.165, 1.54) is 6.92 Å². The standard InChI is InChI=1S/C5H9O6P/c1-3(10-4(2)6)5(7)11-12(8)9/h3,12H,1-2H3,(H,8,9)/t3-/m0/s1. The Morgan fingerprint density at radius 1 is 1.50 bits per heavy atom. The second-order valence-electron chi connectivity index (χ2n) is 1.94. The molecule has 0 aliphatic heterocycles. The molecule has 1 unspecified atom stereocenters. The van der Waals surface area contributed by atoms with E-state index in [1.54, 1.807) is 0 Å². The smallest absolute Gasteiger partial charge is 0.367 e. The normalized spacial score (nSPS) is 14.6. The summed E-state index contributed by atoms with van der Waals surface area (Å²) < 4.78 is 18.3. The summed E-state index contributed by atoms with van der Waals surface area (Å²) in [6, 6.07) is 0. The molecular weight excluding hydrogens is 187 g/mol. The Morgan fingerprint density at radius 3 is 2.33 bits per heavy atom. The van der Waals surface area contributed by atoms with E-state index < -0.39 is 26.3 Å². The van der Waals surface area contributed by atoms with Gasteiger partial charge in [0.05, 0.1) is 0 Å². The molecule has 2 atom stereocenters. The first-order valence-electron chi connectivity index (χ1n) is 3.05. The number of esters is 1. The van der Waals surface area contributed by atoms with Crippen molar-refractivity contribution >= 4 is 20.2 Å². The lowest BCUT2D eigenvalue weighted by Crippen LogP contribution is -2.23. The number of rotatable bonds is 3. The molecule has 0 rings (SSSR count). The van der Waals surface area contributed by atoms with Crippen LogP contribution in [0.3, 0.4) is 0 Å². The van der Waals surface area contributed by atoms with Gasteiger partial charge in [0.25, 0.3) is 0 Å². The van der Waals surface area contributed by atoms with Crippen molar-refractivity contribution < 1.29 is 28.3 Å². The van der Waals surface area contributed by atoms with Crippen LogP contribution in [0.15, 0.2) is 0 Å². The van der Waals surface area contributed by atoms with Crippen LogP contribution >= 0.6 is 8.25 Å². The molecule has 7 heteroatoms. The molecule has 6 nitrogen and oxygen atoms in total. The van der Waals surface area contributed by atoms with Gasteiger partial charge in [0.2, 0.25) is 0 Å². The van der Waals surface area contributed by atoms with E-state index in [0.717, 1.165) is 6.92 Å². The molecule has 0 saturated heterocycles. The summed E-state index contributed by atoms with van der Waals surface area (Å²) in [7, 11) is -3.30. The van der Waals surface area contributed by atoms with Gasteiger partial charge in [-0.3, -0.25) is 4.79 Å². The van der Waals surface area contributed by atoms with Gasteiger partial charge in [-0.15, -0.1) is 0 Å². The quantitative estimate of drug-likeness (QED) is 0.499. The molecule has 0 saturated carbocycles. The lowest BCUT2D eigenvalue weighted by atomic mass is 10.4. The molecule has 0 aliphatic rings. The van der Waals surface area contributed by atoms with E-state index >= 15 is 0 Å². The van der Waals surface area contributed by atoms with Crippen molar-refractivity contribution in [2.45, 2.75) is 20.0 Å². The number of carbonyl (C=O) groups excluding carboxylic acids is 2. The number of hydrogen-bond acceptors (Lipinski definition) is 5. The lowest BCUT2D eigenvalue weighted by Gasteiger charge is -2.08. The topological polar surface area (TPSA) is 89.9 Å². The Kier molecular flexibility index (Phi) is 4.54. The predicted molar refractivity (Wildman–Crippen MR) is 38.5 cm³/mol. The highest BCUT2D eigenvalue weighted by Crippen LogP contribution is 2.16. The van der Waals surface area contributed by atoms with Crippen molar-refractivity contribution in [3.05, 3.63) is 0 Å². The van der Waals surface area contributed by atoms with Gasteiger partial charge >= 0.3 is 20.2 Å². The highest BCUT2D eigenvalue weighted by atomic mass is 31.1. The van der Waals surface area contributed by atoms with Gasteiger partial charge in [-0.25, -0.2) is 9.36 Å². The highest BCUT2D eigenvalue weighted by Gasteiger charge is 2.18. The van der Waals surface area contributed by atoms with Crippen LogP contribution in [0, 0.1) is 0 Å². The summed E-state index contributed by atoms with van der Waals surface area (Å²) in [5, 5.41) is 0. The molecule has 1 N–H and O–H groups in total. The predicted octanol–water partition coefficient (Wildman–Crippen LogP) is -0.137. The molecule has 0 aromatic rings. The minimum Gasteiger partial charge on any atom is -0.451 e. The fourth-order valence-corrected chi connectivity index (χ4v) is 0.804. The first kappa shape index (κ1) is 11.1. The van der Waals surface area contributed by atoms with Crippen LogP contribution in [0.1, 0.15) is 13.8 Å². The molecule has 12 heavy (non-hydrogen) atoms. The third kappa shape index (κ3) is 4.87. The first-order valence-corrected chi connectivity index (χ1v) is 4.31. The molecule has 0 amide bonds. The van der Waals surface area contributed by atoms with Gasteiger partial charge in [-0.1, -0.05) is 0 Å². The Labute approximate surface area is 69.4 Å². The second-order valence-corrected chi connectivity index (χ2v) is 2.67. The fourth-order valence-electron chi connectivity index (χ4n) is 0.466. The molecule has 0 heterocycles. The van der Waals surface area contributed by atoms with Crippen molar-refractivity contribution in [2.24, 2.45) is 0 Å². The van der Waals surface area contributed by atoms with Gasteiger partial charge in [-0.2, -0.15) is 0 Å². The Hall–Kier alpha value is -0.870.